The second-order valence-corrected chi connectivity index (χ2v) is 5.70. The molecule has 1 heterocycles. The fourth-order valence-electron chi connectivity index (χ4n) is 2.80. The third-order valence-corrected chi connectivity index (χ3v) is 4.18. The fourth-order valence-corrected chi connectivity index (χ4v) is 2.80. The molecular weight excluding hydrogens is 294 g/mol. The van der Waals surface area contributed by atoms with Crippen LogP contribution < -0.4 is 9.47 Å². The Morgan fingerprint density at radius 3 is 2.52 bits per heavy atom. The molecule has 1 aliphatic carbocycles. The van der Waals surface area contributed by atoms with Gasteiger partial charge in [0.2, 0.25) is 0 Å². The van der Waals surface area contributed by atoms with Crippen LogP contribution in [0, 0.1) is 0 Å². The van der Waals surface area contributed by atoms with E-state index >= 15 is 0 Å². The van der Waals surface area contributed by atoms with Crippen LogP contribution in [0.1, 0.15) is 41.9 Å². The van der Waals surface area contributed by atoms with Crippen molar-refractivity contribution in [2.24, 2.45) is 0 Å². The summed E-state index contributed by atoms with van der Waals surface area (Å²) < 4.78 is 16.0. The van der Waals surface area contributed by atoms with E-state index in [-0.39, 0.29) is 18.0 Å². The average Bonchev–Trinajstić information content (AvgIpc) is 3.25. The van der Waals surface area contributed by atoms with Crippen LogP contribution in [0.4, 0.5) is 0 Å². The molecule has 122 valence electrons. The summed E-state index contributed by atoms with van der Waals surface area (Å²) in [6, 6.07) is 9.18. The van der Waals surface area contributed by atoms with Gasteiger partial charge in [0.1, 0.15) is 5.76 Å². The van der Waals surface area contributed by atoms with Gasteiger partial charge in [0.25, 0.3) is 5.91 Å². The van der Waals surface area contributed by atoms with Crippen molar-refractivity contribution in [2.45, 2.75) is 31.8 Å². The molecule has 0 saturated heterocycles. The largest absolute Gasteiger partial charge is 0.493 e. The van der Waals surface area contributed by atoms with Gasteiger partial charge in [-0.05, 0) is 50.1 Å². The molecule has 3 rings (SSSR count). The monoisotopic (exact) mass is 315 g/mol. The fraction of sp³-hybridized carbons (Fsp3) is 0.389. The first-order valence-electron chi connectivity index (χ1n) is 7.73. The summed E-state index contributed by atoms with van der Waals surface area (Å²) in [4.78, 5) is 14.9. The number of carbonyl (C=O) groups is 1. The highest BCUT2D eigenvalue weighted by atomic mass is 16.5. The molecule has 1 amide bonds. The topological polar surface area (TPSA) is 51.9 Å². The molecule has 1 aliphatic rings. The lowest BCUT2D eigenvalue weighted by atomic mass is 10.1. The summed E-state index contributed by atoms with van der Waals surface area (Å²) >= 11 is 0. The van der Waals surface area contributed by atoms with Crippen LogP contribution in [0.3, 0.4) is 0 Å². The van der Waals surface area contributed by atoms with E-state index in [9.17, 15) is 4.79 Å². The van der Waals surface area contributed by atoms with Crippen LogP contribution in [-0.2, 0) is 0 Å². The van der Waals surface area contributed by atoms with Crippen LogP contribution in [0.5, 0.6) is 11.5 Å². The van der Waals surface area contributed by atoms with Gasteiger partial charge in [0, 0.05) is 11.6 Å². The van der Waals surface area contributed by atoms with E-state index in [1.165, 1.54) is 0 Å². The summed E-state index contributed by atoms with van der Waals surface area (Å²) in [5, 5.41) is 0. The number of methoxy groups -OCH3 is 2. The zero-order valence-corrected chi connectivity index (χ0v) is 13.6. The number of hydrogen-bond acceptors (Lipinski definition) is 4. The molecule has 5 heteroatoms. The van der Waals surface area contributed by atoms with Crippen LogP contribution in [0.15, 0.2) is 41.0 Å². The van der Waals surface area contributed by atoms with Gasteiger partial charge in [-0.15, -0.1) is 0 Å². The van der Waals surface area contributed by atoms with Crippen molar-refractivity contribution in [3.05, 3.63) is 47.9 Å². The Bertz CT molecular complexity index is 676. The number of ether oxygens (including phenoxy) is 2. The van der Waals surface area contributed by atoms with Crippen molar-refractivity contribution in [3.8, 4) is 11.5 Å². The number of furan rings is 1. The normalized spacial score (nSPS) is 15.1. The zero-order chi connectivity index (χ0) is 16.4. The molecule has 0 spiro atoms. The maximum absolute atomic E-state index is 13.0. The number of rotatable bonds is 6. The Labute approximate surface area is 135 Å². The lowest BCUT2D eigenvalue weighted by Crippen LogP contribution is -2.35. The van der Waals surface area contributed by atoms with Gasteiger partial charge in [-0.2, -0.15) is 0 Å². The van der Waals surface area contributed by atoms with E-state index in [0.717, 1.165) is 18.6 Å². The van der Waals surface area contributed by atoms with E-state index in [1.807, 2.05) is 24.0 Å². The van der Waals surface area contributed by atoms with Crippen molar-refractivity contribution in [1.29, 1.82) is 0 Å². The van der Waals surface area contributed by atoms with Crippen molar-refractivity contribution in [2.75, 3.05) is 14.2 Å². The van der Waals surface area contributed by atoms with Crippen LogP contribution in [0.2, 0.25) is 0 Å². The van der Waals surface area contributed by atoms with E-state index in [2.05, 4.69) is 0 Å². The minimum Gasteiger partial charge on any atom is -0.493 e. The van der Waals surface area contributed by atoms with Gasteiger partial charge in [-0.25, -0.2) is 0 Å². The number of nitrogens with zero attached hydrogens (tertiary/aromatic N) is 1. The summed E-state index contributed by atoms with van der Waals surface area (Å²) in [5.41, 5.74) is 0.591. The quantitative estimate of drug-likeness (QED) is 0.816. The first-order valence-corrected chi connectivity index (χ1v) is 7.73. The van der Waals surface area contributed by atoms with Crippen molar-refractivity contribution in [3.63, 3.8) is 0 Å². The number of benzene rings is 1. The van der Waals surface area contributed by atoms with Crippen LogP contribution in [0.25, 0.3) is 0 Å². The van der Waals surface area contributed by atoms with Crippen LogP contribution in [-0.4, -0.2) is 31.1 Å². The molecule has 1 aromatic carbocycles. The molecule has 23 heavy (non-hydrogen) atoms. The molecular formula is C18H21NO4. The molecule has 1 atom stereocenters. The molecule has 0 radical (unpaired) electrons. The summed E-state index contributed by atoms with van der Waals surface area (Å²) in [5.74, 6) is 1.95. The van der Waals surface area contributed by atoms with Gasteiger partial charge in [-0.3, -0.25) is 4.79 Å². The van der Waals surface area contributed by atoms with E-state index in [0.29, 0.717) is 17.1 Å². The molecule has 1 fully saturated rings. The second kappa shape index (κ2) is 6.36. The minimum atomic E-state index is -0.0990. The van der Waals surface area contributed by atoms with Crippen LogP contribution >= 0.6 is 0 Å². The van der Waals surface area contributed by atoms with E-state index in [4.69, 9.17) is 13.9 Å². The van der Waals surface area contributed by atoms with Gasteiger partial charge in [-0.1, -0.05) is 0 Å². The Morgan fingerprint density at radius 2 is 1.96 bits per heavy atom. The third-order valence-electron chi connectivity index (χ3n) is 4.18. The molecule has 0 N–H and O–H groups in total. The van der Waals surface area contributed by atoms with E-state index in [1.54, 1.807) is 38.7 Å². The number of hydrogen-bond donors (Lipinski definition) is 0. The molecule has 5 nitrogen and oxygen atoms in total. The minimum absolute atomic E-state index is 0.0163. The standard InChI is InChI=1S/C18H21NO4/c1-12(15-5-4-10-23-15)19(14-7-8-14)18(20)13-6-9-16(21-2)17(11-13)22-3/h4-6,9-12,14H,7-8H2,1-3H3. The van der Waals surface area contributed by atoms with E-state index < -0.39 is 0 Å². The summed E-state index contributed by atoms with van der Waals surface area (Å²) in [7, 11) is 3.14. The highest BCUT2D eigenvalue weighted by molar-refractivity contribution is 5.95. The first-order chi connectivity index (χ1) is 11.2. The van der Waals surface area contributed by atoms with Gasteiger partial charge in [0.15, 0.2) is 11.5 Å². The molecule has 1 saturated carbocycles. The predicted molar refractivity (Wildman–Crippen MR) is 85.9 cm³/mol. The van der Waals surface area contributed by atoms with Crippen molar-refractivity contribution in [1.82, 2.24) is 4.90 Å². The lowest BCUT2D eigenvalue weighted by Gasteiger charge is -2.28. The Morgan fingerprint density at radius 1 is 1.22 bits per heavy atom. The number of amides is 1. The van der Waals surface area contributed by atoms with Gasteiger partial charge in [0.05, 0.1) is 26.5 Å². The number of carbonyl (C=O) groups excluding carboxylic acids is 1. The lowest BCUT2D eigenvalue weighted by molar-refractivity contribution is 0.0652. The molecule has 1 unspecified atom stereocenters. The Hall–Kier alpha value is -2.43. The zero-order valence-electron chi connectivity index (χ0n) is 13.6. The van der Waals surface area contributed by atoms with Crippen molar-refractivity contribution < 1.29 is 18.7 Å². The first kappa shape index (κ1) is 15.5. The summed E-state index contributed by atoms with van der Waals surface area (Å²) in [6.45, 7) is 2.00. The van der Waals surface area contributed by atoms with Gasteiger partial charge < -0.3 is 18.8 Å². The maximum Gasteiger partial charge on any atom is 0.254 e. The maximum atomic E-state index is 13.0. The molecule has 2 aromatic rings. The smallest absolute Gasteiger partial charge is 0.254 e. The SMILES string of the molecule is COc1ccc(C(=O)N(C2CC2)C(C)c2ccco2)cc1OC. The summed E-state index contributed by atoms with van der Waals surface area (Å²) in [6.07, 6.45) is 3.70. The van der Waals surface area contributed by atoms with Crippen molar-refractivity contribution >= 4 is 5.91 Å². The highest BCUT2D eigenvalue weighted by Gasteiger charge is 2.37. The highest BCUT2D eigenvalue weighted by Crippen LogP contribution is 2.37. The predicted octanol–water partition coefficient (Wildman–Crippen LogP) is 3.66. The Balaban J connectivity index is 1.90. The molecule has 0 aliphatic heterocycles. The third kappa shape index (κ3) is 3.04. The average molecular weight is 315 g/mol. The molecule has 0 bridgehead atoms. The molecule has 1 aromatic heterocycles. The van der Waals surface area contributed by atoms with Gasteiger partial charge >= 0.3 is 0 Å². The second-order valence-electron chi connectivity index (χ2n) is 5.70. The Kier molecular flexibility index (Phi) is 4.28.